The predicted molar refractivity (Wildman–Crippen MR) is 40.1 cm³/mol. The third kappa shape index (κ3) is 36.6. The van der Waals surface area contributed by atoms with Crippen LogP contribution >= 0.6 is 0 Å². The van der Waals surface area contributed by atoms with Crippen molar-refractivity contribution in [2.45, 2.75) is 40.0 Å². The van der Waals surface area contributed by atoms with Crippen molar-refractivity contribution in [3.63, 3.8) is 0 Å². The minimum atomic E-state index is -0.211. The molecule has 0 rings (SSSR count). The number of hydrogen-bond donors (Lipinski definition) is 1. The SMILES string of the molecule is CCC.CCCC(N)=O. The predicted octanol–water partition coefficient (Wildman–Crippen LogP) is 1.69. The van der Waals surface area contributed by atoms with Crippen molar-refractivity contribution < 1.29 is 4.79 Å². The summed E-state index contributed by atoms with van der Waals surface area (Å²) in [5.74, 6) is -0.211. The summed E-state index contributed by atoms with van der Waals surface area (Å²) < 4.78 is 0. The van der Waals surface area contributed by atoms with Crippen molar-refractivity contribution in [2.24, 2.45) is 5.73 Å². The number of primary amides is 1. The van der Waals surface area contributed by atoms with E-state index >= 15 is 0 Å². The van der Waals surface area contributed by atoms with Crippen LogP contribution in [0, 0.1) is 0 Å². The lowest BCUT2D eigenvalue weighted by Gasteiger charge is -1.81. The first kappa shape index (κ1) is 11.3. The fourth-order valence-electron chi connectivity index (χ4n) is 0.246. The molecule has 2 N–H and O–H groups in total. The Labute approximate surface area is 57.4 Å². The van der Waals surface area contributed by atoms with Crippen LogP contribution in [0.25, 0.3) is 0 Å². The number of hydrogen-bond acceptors (Lipinski definition) is 1. The van der Waals surface area contributed by atoms with Gasteiger partial charge in [0.1, 0.15) is 0 Å². The summed E-state index contributed by atoms with van der Waals surface area (Å²) in [4.78, 5) is 9.82. The second-order valence-electron chi connectivity index (χ2n) is 1.92. The van der Waals surface area contributed by atoms with Gasteiger partial charge < -0.3 is 5.73 Å². The van der Waals surface area contributed by atoms with Crippen LogP contribution in [-0.4, -0.2) is 5.91 Å². The molecule has 0 saturated carbocycles. The summed E-state index contributed by atoms with van der Waals surface area (Å²) in [6, 6.07) is 0. The Bertz CT molecular complexity index is 61.9. The van der Waals surface area contributed by atoms with Crippen molar-refractivity contribution in [2.75, 3.05) is 0 Å². The van der Waals surface area contributed by atoms with E-state index < -0.39 is 0 Å². The van der Waals surface area contributed by atoms with E-state index in [1.807, 2.05) is 6.92 Å². The van der Waals surface area contributed by atoms with Crippen LogP contribution in [0.1, 0.15) is 40.0 Å². The topological polar surface area (TPSA) is 43.1 Å². The normalized spacial score (nSPS) is 7.44. The van der Waals surface area contributed by atoms with Crippen LogP contribution in [0.2, 0.25) is 0 Å². The molecule has 2 heteroatoms. The second-order valence-corrected chi connectivity index (χ2v) is 1.92. The van der Waals surface area contributed by atoms with Crippen molar-refractivity contribution in [3.05, 3.63) is 0 Å². The van der Waals surface area contributed by atoms with E-state index in [4.69, 9.17) is 5.73 Å². The quantitative estimate of drug-likeness (QED) is 0.608. The average molecular weight is 131 g/mol. The molecule has 56 valence electrons. The molecule has 0 unspecified atom stereocenters. The van der Waals surface area contributed by atoms with Gasteiger partial charge in [-0.1, -0.05) is 27.2 Å². The highest BCUT2D eigenvalue weighted by Crippen LogP contribution is 1.79. The lowest BCUT2D eigenvalue weighted by atomic mass is 10.3. The summed E-state index contributed by atoms with van der Waals surface area (Å²) >= 11 is 0. The van der Waals surface area contributed by atoms with Crippen molar-refractivity contribution in [3.8, 4) is 0 Å². The molecule has 0 saturated heterocycles. The molecule has 9 heavy (non-hydrogen) atoms. The zero-order valence-corrected chi connectivity index (χ0v) is 6.61. The number of carbonyl (C=O) groups is 1. The fourth-order valence-corrected chi connectivity index (χ4v) is 0.246. The van der Waals surface area contributed by atoms with Crippen molar-refractivity contribution in [1.29, 1.82) is 0 Å². The van der Waals surface area contributed by atoms with Gasteiger partial charge in [-0.2, -0.15) is 0 Å². The minimum absolute atomic E-state index is 0.211. The second kappa shape index (κ2) is 10.5. The summed E-state index contributed by atoms with van der Waals surface area (Å²) in [6.45, 7) is 6.17. The Balaban J connectivity index is 0. The average Bonchev–Trinajstić information content (AvgIpc) is 1.67. The maximum absolute atomic E-state index is 9.82. The first-order valence-electron chi connectivity index (χ1n) is 3.47. The van der Waals surface area contributed by atoms with Gasteiger partial charge in [0.15, 0.2) is 0 Å². The number of nitrogens with two attached hydrogens (primary N) is 1. The van der Waals surface area contributed by atoms with Crippen LogP contribution < -0.4 is 5.73 Å². The van der Waals surface area contributed by atoms with E-state index in [0.29, 0.717) is 6.42 Å². The van der Waals surface area contributed by atoms with E-state index in [-0.39, 0.29) is 5.91 Å². The molecule has 0 atom stereocenters. The smallest absolute Gasteiger partial charge is 0.217 e. The van der Waals surface area contributed by atoms with Gasteiger partial charge in [-0.3, -0.25) is 4.79 Å². The van der Waals surface area contributed by atoms with E-state index in [1.54, 1.807) is 0 Å². The molecule has 0 aliphatic heterocycles. The Kier molecular flexibility index (Phi) is 13.1. The highest BCUT2D eigenvalue weighted by molar-refractivity contribution is 5.73. The molecule has 0 aromatic rings. The van der Waals surface area contributed by atoms with Crippen LogP contribution in [0.5, 0.6) is 0 Å². The molecule has 0 aromatic carbocycles. The molecule has 0 fully saturated rings. The zero-order valence-electron chi connectivity index (χ0n) is 6.61. The lowest BCUT2D eigenvalue weighted by molar-refractivity contribution is -0.118. The van der Waals surface area contributed by atoms with E-state index in [0.717, 1.165) is 6.42 Å². The van der Waals surface area contributed by atoms with Crippen LogP contribution in [0.3, 0.4) is 0 Å². The summed E-state index contributed by atoms with van der Waals surface area (Å²) in [5, 5.41) is 0. The van der Waals surface area contributed by atoms with Gasteiger partial charge in [0.25, 0.3) is 0 Å². The Morgan fingerprint density at radius 1 is 1.33 bits per heavy atom. The Morgan fingerprint density at radius 3 is 1.67 bits per heavy atom. The number of rotatable bonds is 2. The van der Waals surface area contributed by atoms with Crippen molar-refractivity contribution in [1.82, 2.24) is 0 Å². The van der Waals surface area contributed by atoms with Gasteiger partial charge in [-0.15, -0.1) is 0 Å². The van der Waals surface area contributed by atoms with Crippen molar-refractivity contribution >= 4 is 5.91 Å². The minimum Gasteiger partial charge on any atom is -0.370 e. The monoisotopic (exact) mass is 131 g/mol. The first-order chi connectivity index (χ1) is 4.18. The number of amides is 1. The molecular formula is C7H17NO. The number of carbonyl (C=O) groups excluding carboxylic acids is 1. The van der Waals surface area contributed by atoms with Gasteiger partial charge in [0.05, 0.1) is 0 Å². The molecule has 0 bridgehead atoms. The molecule has 1 amide bonds. The molecule has 0 aromatic heterocycles. The van der Waals surface area contributed by atoms with Crippen LogP contribution in [-0.2, 0) is 4.79 Å². The third-order valence-corrected chi connectivity index (χ3v) is 0.496. The molecule has 0 radical (unpaired) electrons. The standard InChI is InChI=1S/C4H9NO.C3H8/c1-2-3-4(5)6;1-3-2/h2-3H2,1H3,(H2,5,6);3H2,1-2H3. The molecular weight excluding hydrogens is 114 g/mol. The summed E-state index contributed by atoms with van der Waals surface area (Å²) in [6.07, 6.45) is 2.62. The molecule has 0 heterocycles. The molecule has 0 spiro atoms. The molecule has 2 nitrogen and oxygen atoms in total. The highest BCUT2D eigenvalue weighted by atomic mass is 16.1. The maximum atomic E-state index is 9.82. The van der Waals surface area contributed by atoms with Crippen LogP contribution in [0.4, 0.5) is 0 Å². The van der Waals surface area contributed by atoms with E-state index in [1.165, 1.54) is 6.42 Å². The largest absolute Gasteiger partial charge is 0.370 e. The molecule has 0 aliphatic rings. The van der Waals surface area contributed by atoms with E-state index in [2.05, 4.69) is 13.8 Å². The summed E-state index contributed by atoms with van der Waals surface area (Å²) in [7, 11) is 0. The Morgan fingerprint density at radius 2 is 1.67 bits per heavy atom. The zero-order chi connectivity index (χ0) is 7.70. The Hall–Kier alpha value is -0.530. The lowest BCUT2D eigenvalue weighted by Crippen LogP contribution is -2.08. The van der Waals surface area contributed by atoms with Gasteiger partial charge in [-0.05, 0) is 6.42 Å². The maximum Gasteiger partial charge on any atom is 0.217 e. The van der Waals surface area contributed by atoms with Gasteiger partial charge in [0.2, 0.25) is 5.91 Å². The van der Waals surface area contributed by atoms with E-state index in [9.17, 15) is 4.79 Å². The molecule has 0 aliphatic carbocycles. The highest BCUT2D eigenvalue weighted by Gasteiger charge is 1.84. The summed E-state index contributed by atoms with van der Waals surface area (Å²) in [5.41, 5.74) is 4.76. The van der Waals surface area contributed by atoms with Crippen LogP contribution in [0.15, 0.2) is 0 Å². The van der Waals surface area contributed by atoms with Gasteiger partial charge in [-0.25, -0.2) is 0 Å². The third-order valence-electron chi connectivity index (χ3n) is 0.496. The first-order valence-corrected chi connectivity index (χ1v) is 3.47. The van der Waals surface area contributed by atoms with Gasteiger partial charge in [0, 0.05) is 6.42 Å². The van der Waals surface area contributed by atoms with Gasteiger partial charge >= 0.3 is 0 Å². The fraction of sp³-hybridized carbons (Fsp3) is 0.857.